The molecule has 1 aromatic rings. The second kappa shape index (κ2) is 4.89. The highest BCUT2D eigenvalue weighted by molar-refractivity contribution is 7.80. The van der Waals surface area contributed by atoms with E-state index in [2.05, 4.69) is 31.7 Å². The third kappa shape index (κ3) is 2.63. The fraction of sp³-hybridized carbons (Fsp3) is 0.400. The summed E-state index contributed by atoms with van der Waals surface area (Å²) in [7, 11) is 0. The van der Waals surface area contributed by atoms with Crippen molar-refractivity contribution in [1.29, 1.82) is 0 Å². The van der Waals surface area contributed by atoms with Gasteiger partial charge in [0.15, 0.2) is 0 Å². The first-order valence-corrected chi connectivity index (χ1v) is 5.25. The first-order chi connectivity index (χ1) is 6.19. The van der Waals surface area contributed by atoms with Crippen molar-refractivity contribution in [2.75, 3.05) is 5.88 Å². The lowest BCUT2D eigenvalue weighted by molar-refractivity contribution is 0.864. The zero-order valence-corrected chi connectivity index (χ0v) is 9.28. The molecule has 1 atom stereocenters. The van der Waals surface area contributed by atoms with Gasteiger partial charge in [-0.05, 0) is 23.1 Å². The van der Waals surface area contributed by atoms with Gasteiger partial charge in [-0.2, -0.15) is 0 Å². The maximum atomic E-state index is 5.77. The van der Waals surface area contributed by atoms with Crippen LogP contribution in [-0.4, -0.2) is 5.88 Å². The zero-order valence-electron chi connectivity index (χ0n) is 7.63. The molecule has 0 aromatic heterocycles. The third-order valence-electron chi connectivity index (χ3n) is 2.12. The number of benzene rings is 1. The third-order valence-corrected chi connectivity index (χ3v) is 3.02. The molecular formula is C10H14ClNS. The van der Waals surface area contributed by atoms with E-state index in [1.165, 1.54) is 5.56 Å². The molecule has 0 amide bonds. The van der Waals surface area contributed by atoms with Crippen LogP contribution in [0.5, 0.6) is 0 Å². The van der Waals surface area contributed by atoms with E-state index in [1.807, 2.05) is 6.07 Å². The van der Waals surface area contributed by atoms with E-state index in [0.717, 1.165) is 10.5 Å². The van der Waals surface area contributed by atoms with Gasteiger partial charge in [0, 0.05) is 17.3 Å². The van der Waals surface area contributed by atoms with Gasteiger partial charge in [0.2, 0.25) is 0 Å². The molecule has 2 N–H and O–H groups in total. The summed E-state index contributed by atoms with van der Waals surface area (Å²) in [5.74, 6) is 1.01. The summed E-state index contributed by atoms with van der Waals surface area (Å²) in [4.78, 5) is 0.952. The number of halogens is 1. The van der Waals surface area contributed by atoms with Crippen LogP contribution in [0.3, 0.4) is 0 Å². The van der Waals surface area contributed by atoms with Crippen LogP contribution in [0.4, 0.5) is 0 Å². The predicted octanol–water partition coefficient (Wildman–Crippen LogP) is 2.78. The SMILES string of the molecule is CC(CCl)c1ccc(S)c(CN)c1. The van der Waals surface area contributed by atoms with Gasteiger partial charge in [0.25, 0.3) is 0 Å². The fourth-order valence-corrected chi connectivity index (χ4v) is 1.57. The molecule has 0 heterocycles. The Labute approximate surface area is 89.7 Å². The van der Waals surface area contributed by atoms with Crippen molar-refractivity contribution in [2.45, 2.75) is 24.3 Å². The lowest BCUT2D eigenvalue weighted by atomic mass is 10.0. The first-order valence-electron chi connectivity index (χ1n) is 4.26. The smallest absolute Gasteiger partial charge is 0.0289 e. The van der Waals surface area contributed by atoms with Gasteiger partial charge in [-0.3, -0.25) is 0 Å². The highest BCUT2D eigenvalue weighted by Crippen LogP contribution is 2.22. The molecule has 1 unspecified atom stereocenters. The van der Waals surface area contributed by atoms with Crippen molar-refractivity contribution in [1.82, 2.24) is 0 Å². The predicted molar refractivity (Wildman–Crippen MR) is 60.7 cm³/mol. The lowest BCUT2D eigenvalue weighted by Crippen LogP contribution is -2.01. The van der Waals surface area contributed by atoms with Gasteiger partial charge < -0.3 is 5.73 Å². The summed E-state index contributed by atoms with van der Waals surface area (Å²) in [5, 5.41) is 0. The van der Waals surface area contributed by atoms with E-state index in [0.29, 0.717) is 18.3 Å². The van der Waals surface area contributed by atoms with Crippen molar-refractivity contribution < 1.29 is 0 Å². The average molecular weight is 216 g/mol. The van der Waals surface area contributed by atoms with Crippen molar-refractivity contribution in [3.63, 3.8) is 0 Å². The highest BCUT2D eigenvalue weighted by atomic mass is 35.5. The minimum atomic E-state index is 0.376. The Kier molecular flexibility index (Phi) is 4.10. The Morgan fingerprint density at radius 1 is 1.54 bits per heavy atom. The molecule has 0 aliphatic carbocycles. The average Bonchev–Trinajstić information content (AvgIpc) is 2.17. The normalized spacial score (nSPS) is 12.9. The van der Waals surface area contributed by atoms with Crippen molar-refractivity contribution in [3.05, 3.63) is 29.3 Å². The molecule has 1 rings (SSSR count). The quantitative estimate of drug-likeness (QED) is 0.589. The molecule has 0 aliphatic rings. The fourth-order valence-electron chi connectivity index (χ4n) is 1.16. The maximum Gasteiger partial charge on any atom is 0.0289 e. The van der Waals surface area contributed by atoms with Crippen LogP contribution in [0, 0.1) is 0 Å². The molecule has 0 bridgehead atoms. The molecular weight excluding hydrogens is 202 g/mol. The van der Waals surface area contributed by atoms with E-state index in [9.17, 15) is 0 Å². The van der Waals surface area contributed by atoms with Crippen LogP contribution in [0.15, 0.2) is 23.1 Å². The Hall–Kier alpha value is -0.180. The van der Waals surface area contributed by atoms with Crippen LogP contribution >= 0.6 is 24.2 Å². The highest BCUT2D eigenvalue weighted by Gasteiger charge is 2.05. The molecule has 1 aromatic carbocycles. The standard InChI is InChI=1S/C10H14ClNS/c1-7(5-11)8-2-3-10(13)9(4-8)6-12/h2-4,7,13H,5-6,12H2,1H3. The molecule has 0 saturated carbocycles. The summed E-state index contributed by atoms with van der Waals surface area (Å²) < 4.78 is 0. The second-order valence-electron chi connectivity index (χ2n) is 3.15. The number of rotatable bonds is 3. The number of thiol groups is 1. The van der Waals surface area contributed by atoms with Crippen LogP contribution in [-0.2, 0) is 6.54 Å². The van der Waals surface area contributed by atoms with Crippen molar-refractivity contribution in [2.24, 2.45) is 5.73 Å². The lowest BCUT2D eigenvalue weighted by Gasteiger charge is -2.10. The van der Waals surface area contributed by atoms with Crippen molar-refractivity contribution in [3.8, 4) is 0 Å². The molecule has 13 heavy (non-hydrogen) atoms. The van der Waals surface area contributed by atoms with Crippen LogP contribution < -0.4 is 5.73 Å². The molecule has 0 spiro atoms. The number of alkyl halides is 1. The molecule has 0 radical (unpaired) electrons. The molecule has 0 aliphatic heterocycles. The molecule has 72 valence electrons. The van der Waals surface area contributed by atoms with E-state index in [-0.39, 0.29) is 0 Å². The van der Waals surface area contributed by atoms with Gasteiger partial charge in [0.1, 0.15) is 0 Å². The summed E-state index contributed by atoms with van der Waals surface area (Å²) >= 11 is 10.1. The first kappa shape index (κ1) is 10.9. The van der Waals surface area contributed by atoms with Crippen LogP contribution in [0.25, 0.3) is 0 Å². The van der Waals surface area contributed by atoms with Gasteiger partial charge in [-0.1, -0.05) is 19.1 Å². The Morgan fingerprint density at radius 3 is 2.77 bits per heavy atom. The molecule has 0 fully saturated rings. The summed E-state index contributed by atoms with van der Waals surface area (Å²) in [6, 6.07) is 6.10. The Bertz CT molecular complexity index is 288. The van der Waals surface area contributed by atoms with Crippen LogP contribution in [0.2, 0.25) is 0 Å². The van der Waals surface area contributed by atoms with E-state index in [1.54, 1.807) is 0 Å². The summed E-state index contributed by atoms with van der Waals surface area (Å²) in [5.41, 5.74) is 7.89. The largest absolute Gasteiger partial charge is 0.326 e. The Balaban J connectivity index is 2.99. The number of nitrogens with two attached hydrogens (primary N) is 1. The van der Waals surface area contributed by atoms with E-state index < -0.39 is 0 Å². The molecule has 0 saturated heterocycles. The topological polar surface area (TPSA) is 26.0 Å². The van der Waals surface area contributed by atoms with Gasteiger partial charge in [0.05, 0.1) is 0 Å². The number of hydrogen-bond acceptors (Lipinski definition) is 2. The van der Waals surface area contributed by atoms with Gasteiger partial charge in [-0.25, -0.2) is 0 Å². The minimum absolute atomic E-state index is 0.376. The number of hydrogen-bond donors (Lipinski definition) is 2. The molecule has 1 nitrogen and oxygen atoms in total. The monoisotopic (exact) mass is 215 g/mol. The molecule has 3 heteroatoms. The second-order valence-corrected chi connectivity index (χ2v) is 3.94. The van der Waals surface area contributed by atoms with Crippen molar-refractivity contribution >= 4 is 24.2 Å². The Morgan fingerprint density at radius 2 is 2.23 bits per heavy atom. The van der Waals surface area contributed by atoms with Crippen LogP contribution in [0.1, 0.15) is 24.0 Å². The van der Waals surface area contributed by atoms with E-state index >= 15 is 0 Å². The summed E-state index contributed by atoms with van der Waals surface area (Å²) in [6.07, 6.45) is 0. The van der Waals surface area contributed by atoms with Gasteiger partial charge >= 0.3 is 0 Å². The zero-order chi connectivity index (χ0) is 9.84. The van der Waals surface area contributed by atoms with Gasteiger partial charge in [-0.15, -0.1) is 24.2 Å². The minimum Gasteiger partial charge on any atom is -0.326 e. The van der Waals surface area contributed by atoms with E-state index in [4.69, 9.17) is 17.3 Å². The summed E-state index contributed by atoms with van der Waals surface area (Å²) in [6.45, 7) is 2.63. The maximum absolute atomic E-state index is 5.77.